The molecule has 0 saturated heterocycles. The Hall–Kier alpha value is -1.54. The van der Waals surface area contributed by atoms with Gasteiger partial charge in [0.1, 0.15) is 0 Å². The minimum atomic E-state index is 0.0393. The molecule has 0 saturated carbocycles. The summed E-state index contributed by atoms with van der Waals surface area (Å²) in [5.74, 6) is 0.0393. The van der Waals surface area contributed by atoms with Crippen LogP contribution in [0.2, 0.25) is 0 Å². The van der Waals surface area contributed by atoms with Gasteiger partial charge in [-0.15, -0.1) is 0 Å². The number of fused-ring (bicyclic) bond motifs is 3. The van der Waals surface area contributed by atoms with Crippen LogP contribution >= 0.6 is 0 Å². The van der Waals surface area contributed by atoms with Gasteiger partial charge in [0.05, 0.1) is 0 Å². The Bertz CT molecular complexity index is 462. The number of benzene rings is 2. The van der Waals surface area contributed by atoms with Gasteiger partial charge in [-0.2, -0.15) is 0 Å². The maximum Gasteiger partial charge on any atom is 0.300 e. The molecule has 0 atom stereocenters. The van der Waals surface area contributed by atoms with E-state index >= 15 is 0 Å². The van der Waals surface area contributed by atoms with Crippen LogP contribution in [0.5, 0.6) is 0 Å². The summed E-state index contributed by atoms with van der Waals surface area (Å²) in [6.07, 6.45) is 0. The van der Waals surface area contributed by atoms with Crippen LogP contribution in [0, 0.1) is 0 Å². The Labute approximate surface area is 89.7 Å². The number of hydrogen-bond acceptors (Lipinski definition) is 1. The minimum absolute atomic E-state index is 0.0393. The lowest BCUT2D eigenvalue weighted by Crippen LogP contribution is -2.05. The standard InChI is InChI=1S/C13H10BO/c15-14-13-11-7-3-1-5-9(11)10-6-2-4-8-12(10)13/h1-8,13,15H. The third-order valence-corrected chi connectivity index (χ3v) is 3.03. The molecule has 3 rings (SSSR count). The van der Waals surface area contributed by atoms with Gasteiger partial charge in [0.25, 0.3) is 7.48 Å². The summed E-state index contributed by atoms with van der Waals surface area (Å²) in [6, 6.07) is 16.5. The van der Waals surface area contributed by atoms with E-state index in [-0.39, 0.29) is 5.82 Å². The van der Waals surface area contributed by atoms with Gasteiger partial charge < -0.3 is 5.02 Å². The smallest absolute Gasteiger partial charge is 0.300 e. The van der Waals surface area contributed by atoms with Crippen LogP contribution in [0.3, 0.4) is 0 Å². The molecule has 1 N–H and O–H groups in total. The highest BCUT2D eigenvalue weighted by molar-refractivity contribution is 6.31. The lowest BCUT2D eigenvalue weighted by atomic mass is 9.74. The van der Waals surface area contributed by atoms with Crippen molar-refractivity contribution < 1.29 is 5.02 Å². The van der Waals surface area contributed by atoms with Gasteiger partial charge in [-0.05, 0) is 22.3 Å². The molecule has 2 aromatic rings. The van der Waals surface area contributed by atoms with Gasteiger partial charge in [0, 0.05) is 5.82 Å². The summed E-state index contributed by atoms with van der Waals surface area (Å²) in [4.78, 5) is 0. The van der Waals surface area contributed by atoms with Crippen molar-refractivity contribution in [1.82, 2.24) is 0 Å². The SMILES string of the molecule is O[B]C1c2ccccc2-c2ccccc21. The maximum atomic E-state index is 9.33. The Balaban J connectivity index is 2.31. The van der Waals surface area contributed by atoms with Gasteiger partial charge in [0.2, 0.25) is 0 Å². The van der Waals surface area contributed by atoms with E-state index in [0.29, 0.717) is 0 Å². The van der Waals surface area contributed by atoms with Crippen molar-refractivity contribution in [3.8, 4) is 11.1 Å². The van der Waals surface area contributed by atoms with E-state index in [2.05, 4.69) is 24.3 Å². The highest BCUT2D eigenvalue weighted by atomic mass is 16.2. The molecule has 2 heteroatoms. The molecule has 0 unspecified atom stereocenters. The molecule has 0 aromatic heterocycles. The topological polar surface area (TPSA) is 20.2 Å². The summed E-state index contributed by atoms with van der Waals surface area (Å²) < 4.78 is 0. The van der Waals surface area contributed by atoms with Crippen molar-refractivity contribution in [1.29, 1.82) is 0 Å². The monoisotopic (exact) mass is 193 g/mol. The predicted octanol–water partition coefficient (Wildman–Crippen LogP) is 2.37. The molecule has 0 amide bonds. The van der Waals surface area contributed by atoms with Crippen molar-refractivity contribution >= 4 is 7.48 Å². The lowest BCUT2D eigenvalue weighted by molar-refractivity contribution is 0.592. The van der Waals surface area contributed by atoms with Crippen LogP contribution < -0.4 is 0 Å². The van der Waals surface area contributed by atoms with Crippen molar-refractivity contribution in [2.75, 3.05) is 0 Å². The summed E-state index contributed by atoms with van der Waals surface area (Å²) in [5.41, 5.74) is 4.87. The van der Waals surface area contributed by atoms with Gasteiger partial charge >= 0.3 is 0 Å². The fraction of sp³-hybridized carbons (Fsp3) is 0.0769. The molecular weight excluding hydrogens is 183 g/mol. The van der Waals surface area contributed by atoms with Crippen molar-refractivity contribution in [2.45, 2.75) is 5.82 Å². The number of rotatable bonds is 1. The van der Waals surface area contributed by atoms with E-state index in [1.807, 2.05) is 24.3 Å². The molecule has 2 aromatic carbocycles. The molecule has 0 spiro atoms. The van der Waals surface area contributed by atoms with Gasteiger partial charge in [-0.3, -0.25) is 0 Å². The van der Waals surface area contributed by atoms with Crippen molar-refractivity contribution in [3.63, 3.8) is 0 Å². The Kier molecular flexibility index (Phi) is 1.89. The van der Waals surface area contributed by atoms with E-state index in [0.717, 1.165) is 0 Å². The molecule has 1 radical (unpaired) electrons. The fourth-order valence-electron chi connectivity index (χ4n) is 2.36. The minimum Gasteiger partial charge on any atom is -0.453 e. The first-order chi connectivity index (χ1) is 7.42. The molecule has 1 aliphatic carbocycles. The molecule has 71 valence electrons. The third kappa shape index (κ3) is 1.15. The Morgan fingerprint density at radius 3 is 1.73 bits per heavy atom. The Morgan fingerprint density at radius 1 is 0.800 bits per heavy atom. The molecule has 1 aliphatic rings. The third-order valence-electron chi connectivity index (χ3n) is 3.03. The van der Waals surface area contributed by atoms with E-state index in [1.54, 1.807) is 0 Å². The second-order valence-electron chi connectivity index (χ2n) is 3.80. The highest BCUT2D eigenvalue weighted by Gasteiger charge is 2.27. The van der Waals surface area contributed by atoms with Crippen molar-refractivity contribution in [3.05, 3.63) is 59.7 Å². The highest BCUT2D eigenvalue weighted by Crippen LogP contribution is 2.43. The van der Waals surface area contributed by atoms with E-state index in [1.165, 1.54) is 29.7 Å². The zero-order valence-electron chi connectivity index (χ0n) is 8.22. The summed E-state index contributed by atoms with van der Waals surface area (Å²) in [5, 5.41) is 9.33. The maximum absolute atomic E-state index is 9.33. The molecule has 0 heterocycles. The lowest BCUT2D eigenvalue weighted by Gasteiger charge is -2.06. The van der Waals surface area contributed by atoms with Crippen LogP contribution in [-0.4, -0.2) is 12.5 Å². The predicted molar refractivity (Wildman–Crippen MR) is 61.7 cm³/mol. The van der Waals surface area contributed by atoms with Crippen LogP contribution in [0.25, 0.3) is 11.1 Å². The summed E-state index contributed by atoms with van der Waals surface area (Å²) in [6.45, 7) is 0. The average Bonchev–Trinajstić information content (AvgIpc) is 2.63. The molecule has 1 nitrogen and oxygen atoms in total. The summed E-state index contributed by atoms with van der Waals surface area (Å²) in [7, 11) is 1.28. The first kappa shape index (κ1) is 8.75. The second kappa shape index (κ2) is 3.25. The molecule has 15 heavy (non-hydrogen) atoms. The Morgan fingerprint density at radius 2 is 1.27 bits per heavy atom. The molecule has 0 bridgehead atoms. The van der Waals surface area contributed by atoms with E-state index < -0.39 is 0 Å². The zero-order chi connectivity index (χ0) is 10.3. The van der Waals surface area contributed by atoms with Crippen molar-refractivity contribution in [2.24, 2.45) is 0 Å². The van der Waals surface area contributed by atoms with Gasteiger partial charge in [0.15, 0.2) is 0 Å². The molecular formula is C13H10BO. The van der Waals surface area contributed by atoms with E-state index in [9.17, 15) is 5.02 Å². The van der Waals surface area contributed by atoms with Crippen LogP contribution in [0.1, 0.15) is 16.9 Å². The van der Waals surface area contributed by atoms with E-state index in [4.69, 9.17) is 0 Å². The largest absolute Gasteiger partial charge is 0.453 e. The molecule has 0 fully saturated rings. The molecule has 0 aliphatic heterocycles. The van der Waals surface area contributed by atoms with Crippen LogP contribution in [0.15, 0.2) is 48.5 Å². The second-order valence-corrected chi connectivity index (χ2v) is 3.80. The number of hydrogen-bond donors (Lipinski definition) is 1. The zero-order valence-corrected chi connectivity index (χ0v) is 8.22. The average molecular weight is 193 g/mol. The quantitative estimate of drug-likeness (QED) is 0.689. The van der Waals surface area contributed by atoms with Crippen LogP contribution in [0.4, 0.5) is 0 Å². The van der Waals surface area contributed by atoms with Crippen LogP contribution in [-0.2, 0) is 0 Å². The first-order valence-electron chi connectivity index (χ1n) is 5.07. The normalized spacial score (nSPS) is 13.4. The summed E-state index contributed by atoms with van der Waals surface area (Å²) >= 11 is 0. The first-order valence-corrected chi connectivity index (χ1v) is 5.07. The fourth-order valence-corrected chi connectivity index (χ4v) is 2.36. The van der Waals surface area contributed by atoms with Gasteiger partial charge in [-0.25, -0.2) is 0 Å². The van der Waals surface area contributed by atoms with Gasteiger partial charge in [-0.1, -0.05) is 48.5 Å².